The Morgan fingerprint density at radius 1 is 1.12 bits per heavy atom. The van der Waals surface area contributed by atoms with Crippen LogP contribution in [0, 0.1) is 6.92 Å². The molecule has 0 radical (unpaired) electrons. The van der Waals surface area contributed by atoms with Gasteiger partial charge >= 0.3 is 0 Å². The number of aromatic nitrogens is 4. The van der Waals surface area contributed by atoms with Crippen molar-refractivity contribution in [1.82, 2.24) is 20.0 Å². The minimum absolute atomic E-state index is 0.582. The van der Waals surface area contributed by atoms with Crippen LogP contribution in [0.4, 0.5) is 5.69 Å². The van der Waals surface area contributed by atoms with Crippen LogP contribution in [0.15, 0.2) is 60.9 Å². The van der Waals surface area contributed by atoms with Crippen molar-refractivity contribution in [2.75, 3.05) is 12.4 Å². The molecule has 0 atom stereocenters. The number of pyridine rings is 1. The molecular formula is C20H19N5O. The van der Waals surface area contributed by atoms with Crippen LogP contribution in [0.3, 0.4) is 0 Å². The monoisotopic (exact) mass is 345 g/mol. The molecule has 2 aromatic carbocycles. The molecule has 26 heavy (non-hydrogen) atoms. The lowest BCUT2D eigenvalue weighted by molar-refractivity contribution is 0.414. The van der Waals surface area contributed by atoms with E-state index < -0.39 is 0 Å². The van der Waals surface area contributed by atoms with E-state index in [1.807, 2.05) is 54.9 Å². The zero-order valence-electron chi connectivity index (χ0n) is 14.7. The van der Waals surface area contributed by atoms with Crippen LogP contribution in [-0.2, 0) is 6.54 Å². The molecule has 4 rings (SSSR count). The van der Waals surface area contributed by atoms with E-state index in [2.05, 4.69) is 33.6 Å². The van der Waals surface area contributed by atoms with E-state index in [1.165, 1.54) is 0 Å². The van der Waals surface area contributed by atoms with Crippen molar-refractivity contribution in [2.45, 2.75) is 13.5 Å². The first kappa shape index (κ1) is 16.1. The van der Waals surface area contributed by atoms with Gasteiger partial charge in [0, 0.05) is 23.3 Å². The van der Waals surface area contributed by atoms with Gasteiger partial charge in [0.05, 0.1) is 31.1 Å². The van der Waals surface area contributed by atoms with Crippen LogP contribution in [0.2, 0.25) is 0 Å². The molecule has 2 heterocycles. The van der Waals surface area contributed by atoms with Gasteiger partial charge in [0.2, 0.25) is 0 Å². The van der Waals surface area contributed by atoms with E-state index >= 15 is 0 Å². The Kier molecular flexibility index (Phi) is 4.23. The second-order valence-corrected chi connectivity index (χ2v) is 6.04. The van der Waals surface area contributed by atoms with Gasteiger partial charge < -0.3 is 10.1 Å². The number of hydrogen-bond donors (Lipinski definition) is 1. The number of anilines is 1. The lowest BCUT2D eigenvalue weighted by Crippen LogP contribution is -2.03. The maximum Gasteiger partial charge on any atom is 0.121 e. The molecule has 6 nitrogen and oxygen atoms in total. The zero-order chi connectivity index (χ0) is 17.9. The van der Waals surface area contributed by atoms with Gasteiger partial charge in [-0.2, -0.15) is 0 Å². The normalized spacial score (nSPS) is 10.8. The number of fused-ring (bicyclic) bond motifs is 1. The largest absolute Gasteiger partial charge is 0.497 e. The van der Waals surface area contributed by atoms with Gasteiger partial charge in [0.15, 0.2) is 0 Å². The summed E-state index contributed by atoms with van der Waals surface area (Å²) in [5.41, 5.74) is 4.91. The Balaban J connectivity index is 1.56. The highest BCUT2D eigenvalue weighted by molar-refractivity contribution is 5.92. The number of benzene rings is 2. The summed E-state index contributed by atoms with van der Waals surface area (Å²) in [6.45, 7) is 2.63. The van der Waals surface area contributed by atoms with Crippen molar-refractivity contribution in [3.63, 3.8) is 0 Å². The number of methoxy groups -OCH3 is 1. The molecule has 6 heteroatoms. The summed E-state index contributed by atoms with van der Waals surface area (Å²) in [5, 5.41) is 13.1. The van der Waals surface area contributed by atoms with Crippen molar-refractivity contribution in [2.24, 2.45) is 0 Å². The Morgan fingerprint density at radius 3 is 2.88 bits per heavy atom. The summed E-state index contributed by atoms with van der Waals surface area (Å²) in [6, 6.07) is 15.8. The molecule has 1 N–H and O–H groups in total. The van der Waals surface area contributed by atoms with Gasteiger partial charge in [-0.25, -0.2) is 4.68 Å². The summed E-state index contributed by atoms with van der Waals surface area (Å²) >= 11 is 0. The molecule has 0 bridgehead atoms. The number of nitrogens with one attached hydrogen (secondary N) is 1. The molecule has 0 aliphatic carbocycles. The summed E-state index contributed by atoms with van der Waals surface area (Å²) in [4.78, 5) is 4.47. The average Bonchev–Trinajstić information content (AvgIpc) is 3.16. The van der Waals surface area contributed by atoms with Crippen molar-refractivity contribution >= 4 is 16.6 Å². The van der Waals surface area contributed by atoms with E-state index in [-0.39, 0.29) is 0 Å². The number of para-hydroxylation sites is 1. The minimum atomic E-state index is 0.582. The maximum atomic E-state index is 5.26. The lowest BCUT2D eigenvalue weighted by Gasteiger charge is -2.11. The number of hydrogen-bond acceptors (Lipinski definition) is 5. The Hall–Kier alpha value is -3.41. The van der Waals surface area contributed by atoms with Gasteiger partial charge in [-0.3, -0.25) is 4.98 Å². The number of ether oxygens (including phenoxy) is 1. The van der Waals surface area contributed by atoms with Crippen molar-refractivity contribution in [1.29, 1.82) is 0 Å². The summed E-state index contributed by atoms with van der Waals surface area (Å²) in [5.74, 6) is 0.788. The fraction of sp³-hybridized carbons (Fsp3) is 0.150. The highest BCUT2D eigenvalue weighted by Gasteiger charge is 2.08. The second kappa shape index (κ2) is 6.84. The molecule has 4 aromatic rings. The highest BCUT2D eigenvalue weighted by Crippen LogP contribution is 2.25. The third-order valence-corrected chi connectivity index (χ3v) is 4.27. The predicted molar refractivity (Wildman–Crippen MR) is 102 cm³/mol. The van der Waals surface area contributed by atoms with Crippen LogP contribution < -0.4 is 10.1 Å². The second-order valence-electron chi connectivity index (χ2n) is 6.04. The maximum absolute atomic E-state index is 5.26. The minimum Gasteiger partial charge on any atom is -0.497 e. The van der Waals surface area contributed by atoms with Crippen LogP contribution in [-0.4, -0.2) is 27.1 Å². The number of aryl methyl sites for hydroxylation is 1. The van der Waals surface area contributed by atoms with Crippen LogP contribution >= 0.6 is 0 Å². The number of rotatable bonds is 5. The first-order chi connectivity index (χ1) is 12.7. The topological polar surface area (TPSA) is 64.9 Å². The quantitative estimate of drug-likeness (QED) is 0.597. The first-order valence-electron chi connectivity index (χ1n) is 8.38. The molecule has 0 unspecified atom stereocenters. The molecule has 130 valence electrons. The van der Waals surface area contributed by atoms with Crippen molar-refractivity contribution in [3.8, 4) is 11.4 Å². The van der Waals surface area contributed by atoms with Gasteiger partial charge in [-0.05, 0) is 30.7 Å². The fourth-order valence-corrected chi connectivity index (χ4v) is 2.91. The van der Waals surface area contributed by atoms with Gasteiger partial charge in [-0.1, -0.05) is 29.5 Å². The van der Waals surface area contributed by atoms with Gasteiger partial charge in [0.1, 0.15) is 11.4 Å². The fourth-order valence-electron chi connectivity index (χ4n) is 2.91. The molecule has 0 saturated carbocycles. The predicted octanol–water partition coefficient (Wildman–Crippen LogP) is 3.74. The SMILES string of the molecule is COc1cccc(-n2cc(CNc3c(C)cnc4ccccc34)nn2)c1. The molecule has 0 amide bonds. The van der Waals surface area contributed by atoms with E-state index in [4.69, 9.17) is 4.74 Å². The molecule has 0 saturated heterocycles. The first-order valence-corrected chi connectivity index (χ1v) is 8.38. The third-order valence-electron chi connectivity index (χ3n) is 4.27. The Morgan fingerprint density at radius 2 is 2.00 bits per heavy atom. The molecule has 0 spiro atoms. The standard InChI is InChI=1S/C20H19N5O/c1-14-11-21-19-9-4-3-8-18(19)20(14)22-12-15-13-25(24-23-15)16-6-5-7-17(10-16)26-2/h3-11,13H,12H2,1-2H3,(H,21,22). The van der Waals surface area contributed by atoms with Crippen molar-refractivity contribution < 1.29 is 4.74 Å². The number of nitrogens with zero attached hydrogens (tertiary/aromatic N) is 4. The zero-order valence-corrected chi connectivity index (χ0v) is 14.7. The van der Waals surface area contributed by atoms with E-state index in [0.29, 0.717) is 6.54 Å². The smallest absolute Gasteiger partial charge is 0.121 e. The van der Waals surface area contributed by atoms with Crippen molar-refractivity contribution in [3.05, 3.63) is 72.2 Å². The third kappa shape index (κ3) is 3.09. The van der Waals surface area contributed by atoms with E-state index in [0.717, 1.165) is 39.3 Å². The van der Waals surface area contributed by atoms with Crippen LogP contribution in [0.25, 0.3) is 16.6 Å². The van der Waals surface area contributed by atoms with Gasteiger partial charge in [-0.15, -0.1) is 5.10 Å². The van der Waals surface area contributed by atoms with Crippen LogP contribution in [0.5, 0.6) is 5.75 Å². The lowest BCUT2D eigenvalue weighted by atomic mass is 10.1. The highest BCUT2D eigenvalue weighted by atomic mass is 16.5. The molecule has 0 fully saturated rings. The molecule has 2 aromatic heterocycles. The molecule has 0 aliphatic rings. The Bertz CT molecular complexity index is 1060. The van der Waals surface area contributed by atoms with E-state index in [9.17, 15) is 0 Å². The molecular weight excluding hydrogens is 326 g/mol. The average molecular weight is 345 g/mol. The van der Waals surface area contributed by atoms with Gasteiger partial charge in [0.25, 0.3) is 0 Å². The Labute approximate surface area is 151 Å². The summed E-state index contributed by atoms with van der Waals surface area (Å²) < 4.78 is 7.01. The van der Waals surface area contributed by atoms with Crippen LogP contribution in [0.1, 0.15) is 11.3 Å². The molecule has 0 aliphatic heterocycles. The summed E-state index contributed by atoms with van der Waals surface area (Å²) in [6.07, 6.45) is 3.80. The van der Waals surface area contributed by atoms with E-state index in [1.54, 1.807) is 11.8 Å². The summed E-state index contributed by atoms with van der Waals surface area (Å²) in [7, 11) is 1.65.